The number of ether oxygens (including phenoxy) is 2. The number of amides is 1. The van der Waals surface area contributed by atoms with Crippen LogP contribution in [0.25, 0.3) is 10.9 Å². The number of fused-ring (bicyclic) bond motifs is 3. The molecule has 0 saturated heterocycles. The SMILES string of the molecule is CC(=O)NC[C@H]1COc2ccc3cnn(C[C@H](C)N)c3c2O1. The lowest BCUT2D eigenvalue weighted by Crippen LogP contribution is -2.40. The van der Waals surface area contributed by atoms with Crippen LogP contribution in [0.3, 0.4) is 0 Å². The molecule has 2 heterocycles. The predicted octanol–water partition coefficient (Wildman–Crippen LogP) is 0.659. The maximum atomic E-state index is 11.0. The topological polar surface area (TPSA) is 91.4 Å². The van der Waals surface area contributed by atoms with Gasteiger partial charge in [-0.1, -0.05) is 0 Å². The van der Waals surface area contributed by atoms with Crippen molar-refractivity contribution in [2.24, 2.45) is 5.73 Å². The predicted molar refractivity (Wildman–Crippen MR) is 82.0 cm³/mol. The van der Waals surface area contributed by atoms with Crippen LogP contribution in [0.15, 0.2) is 18.3 Å². The molecule has 0 aliphatic carbocycles. The highest BCUT2D eigenvalue weighted by Crippen LogP contribution is 2.38. The fourth-order valence-electron chi connectivity index (χ4n) is 2.51. The molecule has 0 spiro atoms. The van der Waals surface area contributed by atoms with Crippen molar-refractivity contribution in [3.8, 4) is 11.5 Å². The summed E-state index contributed by atoms with van der Waals surface area (Å²) < 4.78 is 13.6. The van der Waals surface area contributed by atoms with Gasteiger partial charge in [-0.15, -0.1) is 0 Å². The molecule has 22 heavy (non-hydrogen) atoms. The Kier molecular flexibility index (Phi) is 3.89. The summed E-state index contributed by atoms with van der Waals surface area (Å²) in [4.78, 5) is 11.0. The van der Waals surface area contributed by atoms with Crippen LogP contribution in [0.5, 0.6) is 11.5 Å². The Morgan fingerprint density at radius 2 is 2.41 bits per heavy atom. The van der Waals surface area contributed by atoms with Crippen LogP contribution in [-0.2, 0) is 11.3 Å². The first-order chi connectivity index (χ1) is 10.5. The average molecular weight is 304 g/mol. The molecule has 2 aromatic rings. The highest BCUT2D eigenvalue weighted by Gasteiger charge is 2.25. The van der Waals surface area contributed by atoms with E-state index < -0.39 is 0 Å². The maximum Gasteiger partial charge on any atom is 0.217 e. The smallest absolute Gasteiger partial charge is 0.217 e. The first-order valence-electron chi connectivity index (χ1n) is 7.32. The highest BCUT2D eigenvalue weighted by atomic mass is 16.6. The number of aromatic nitrogens is 2. The molecule has 2 atom stereocenters. The van der Waals surface area contributed by atoms with E-state index >= 15 is 0 Å². The molecule has 1 aliphatic rings. The normalized spacial score (nSPS) is 18.2. The molecule has 1 aliphatic heterocycles. The van der Waals surface area contributed by atoms with Crippen LogP contribution in [0, 0.1) is 0 Å². The lowest BCUT2D eigenvalue weighted by molar-refractivity contribution is -0.119. The summed E-state index contributed by atoms with van der Waals surface area (Å²) in [6, 6.07) is 3.82. The van der Waals surface area contributed by atoms with E-state index in [-0.39, 0.29) is 18.1 Å². The number of hydrogen-bond donors (Lipinski definition) is 2. The summed E-state index contributed by atoms with van der Waals surface area (Å²) in [5.41, 5.74) is 6.76. The first kappa shape index (κ1) is 14.6. The zero-order valence-corrected chi connectivity index (χ0v) is 12.7. The van der Waals surface area contributed by atoms with Crippen molar-refractivity contribution in [2.45, 2.75) is 32.5 Å². The number of carbonyl (C=O) groups excluding carboxylic acids is 1. The van der Waals surface area contributed by atoms with Gasteiger partial charge in [-0.05, 0) is 19.1 Å². The molecule has 3 N–H and O–H groups in total. The Bertz CT molecular complexity index is 695. The van der Waals surface area contributed by atoms with E-state index in [2.05, 4.69) is 10.4 Å². The third-order valence-electron chi connectivity index (χ3n) is 3.47. The number of hydrogen-bond acceptors (Lipinski definition) is 5. The molecule has 1 aromatic heterocycles. The molecular formula is C15H20N4O3. The Morgan fingerprint density at radius 1 is 1.59 bits per heavy atom. The second-order valence-electron chi connectivity index (χ2n) is 5.62. The van der Waals surface area contributed by atoms with E-state index in [4.69, 9.17) is 15.2 Å². The largest absolute Gasteiger partial charge is 0.486 e. The number of rotatable bonds is 4. The van der Waals surface area contributed by atoms with Gasteiger partial charge in [0.1, 0.15) is 12.1 Å². The lowest BCUT2D eigenvalue weighted by Gasteiger charge is -2.27. The lowest BCUT2D eigenvalue weighted by atomic mass is 10.2. The van der Waals surface area contributed by atoms with E-state index in [0.717, 1.165) is 10.9 Å². The van der Waals surface area contributed by atoms with Gasteiger partial charge >= 0.3 is 0 Å². The molecule has 7 nitrogen and oxygen atoms in total. The zero-order valence-electron chi connectivity index (χ0n) is 12.7. The van der Waals surface area contributed by atoms with Crippen LogP contribution in [0.4, 0.5) is 0 Å². The van der Waals surface area contributed by atoms with Gasteiger partial charge < -0.3 is 20.5 Å². The molecule has 0 radical (unpaired) electrons. The van der Waals surface area contributed by atoms with Gasteiger partial charge in [0.05, 0.1) is 19.3 Å². The number of nitrogens with one attached hydrogen (secondary N) is 1. The molecule has 1 amide bonds. The Hall–Kier alpha value is -2.28. The number of carbonyl (C=O) groups is 1. The van der Waals surface area contributed by atoms with Crippen LogP contribution >= 0.6 is 0 Å². The third-order valence-corrected chi connectivity index (χ3v) is 3.47. The van der Waals surface area contributed by atoms with Gasteiger partial charge in [-0.2, -0.15) is 5.10 Å². The van der Waals surface area contributed by atoms with Gasteiger partial charge in [0.2, 0.25) is 5.91 Å². The van der Waals surface area contributed by atoms with E-state index in [0.29, 0.717) is 31.2 Å². The van der Waals surface area contributed by atoms with Gasteiger partial charge in [0.25, 0.3) is 0 Å². The number of benzene rings is 1. The van der Waals surface area contributed by atoms with E-state index in [1.807, 2.05) is 23.7 Å². The minimum absolute atomic E-state index is 0.0151. The van der Waals surface area contributed by atoms with Gasteiger partial charge in [-0.3, -0.25) is 9.48 Å². The molecule has 0 saturated carbocycles. The van der Waals surface area contributed by atoms with E-state index in [1.165, 1.54) is 6.92 Å². The molecule has 1 aromatic carbocycles. The molecule has 3 rings (SSSR count). The summed E-state index contributed by atoms with van der Waals surface area (Å²) in [7, 11) is 0. The first-order valence-corrected chi connectivity index (χ1v) is 7.32. The Morgan fingerprint density at radius 3 is 3.14 bits per heavy atom. The molecule has 0 fully saturated rings. The minimum Gasteiger partial charge on any atom is -0.486 e. The highest BCUT2D eigenvalue weighted by molar-refractivity contribution is 5.87. The fraction of sp³-hybridized carbons (Fsp3) is 0.467. The van der Waals surface area contributed by atoms with Gasteiger partial charge in [0, 0.05) is 18.4 Å². The van der Waals surface area contributed by atoms with Crippen molar-refractivity contribution in [3.63, 3.8) is 0 Å². The van der Waals surface area contributed by atoms with Gasteiger partial charge in [0.15, 0.2) is 17.6 Å². The summed E-state index contributed by atoms with van der Waals surface area (Å²) >= 11 is 0. The van der Waals surface area contributed by atoms with Crippen LogP contribution in [-0.4, -0.2) is 41.0 Å². The van der Waals surface area contributed by atoms with Crippen molar-refractivity contribution in [1.82, 2.24) is 15.1 Å². The fourth-order valence-corrected chi connectivity index (χ4v) is 2.51. The quantitative estimate of drug-likeness (QED) is 0.866. The second-order valence-corrected chi connectivity index (χ2v) is 5.62. The van der Waals surface area contributed by atoms with Crippen molar-refractivity contribution in [3.05, 3.63) is 18.3 Å². The molecule has 0 unspecified atom stereocenters. The van der Waals surface area contributed by atoms with Crippen LogP contribution in [0.1, 0.15) is 13.8 Å². The molecule has 118 valence electrons. The maximum absolute atomic E-state index is 11.0. The Balaban J connectivity index is 1.93. The third kappa shape index (κ3) is 2.85. The standard InChI is InChI=1S/C15H20N4O3/c1-9(16)7-19-14-11(5-18-19)3-4-13-15(14)22-12(8-21-13)6-17-10(2)20/h3-5,9,12H,6-8,16H2,1-2H3,(H,17,20)/t9-,12-/m0/s1. The van der Waals surface area contributed by atoms with Crippen molar-refractivity contribution >= 4 is 16.8 Å². The van der Waals surface area contributed by atoms with Crippen molar-refractivity contribution in [2.75, 3.05) is 13.2 Å². The average Bonchev–Trinajstić information content (AvgIpc) is 2.87. The monoisotopic (exact) mass is 304 g/mol. The van der Waals surface area contributed by atoms with Gasteiger partial charge in [-0.25, -0.2) is 0 Å². The van der Waals surface area contributed by atoms with E-state index in [1.54, 1.807) is 6.20 Å². The number of nitrogens with zero attached hydrogens (tertiary/aromatic N) is 2. The zero-order chi connectivity index (χ0) is 15.7. The molecule has 7 heteroatoms. The molecular weight excluding hydrogens is 284 g/mol. The minimum atomic E-state index is -0.222. The van der Waals surface area contributed by atoms with Crippen LogP contribution < -0.4 is 20.5 Å². The summed E-state index contributed by atoms with van der Waals surface area (Å²) in [6.07, 6.45) is 1.57. The molecule has 0 bridgehead atoms. The second kappa shape index (κ2) is 5.84. The summed E-state index contributed by atoms with van der Waals surface area (Å²) in [5, 5.41) is 8.10. The Labute approximate surface area is 128 Å². The number of nitrogens with two attached hydrogens (primary N) is 1. The summed E-state index contributed by atoms with van der Waals surface area (Å²) in [5.74, 6) is 1.27. The van der Waals surface area contributed by atoms with Crippen molar-refractivity contribution < 1.29 is 14.3 Å². The summed E-state index contributed by atoms with van der Waals surface area (Å²) in [6.45, 7) is 4.82. The van der Waals surface area contributed by atoms with Crippen LogP contribution in [0.2, 0.25) is 0 Å². The van der Waals surface area contributed by atoms with Crippen molar-refractivity contribution in [1.29, 1.82) is 0 Å². The van der Waals surface area contributed by atoms with E-state index in [9.17, 15) is 4.79 Å².